The van der Waals surface area contributed by atoms with Crippen LogP contribution in [0.2, 0.25) is 5.28 Å². The van der Waals surface area contributed by atoms with E-state index in [0.717, 1.165) is 0 Å². The number of amides is 1. The summed E-state index contributed by atoms with van der Waals surface area (Å²) in [4.78, 5) is 22.5. The molecule has 2 rings (SSSR count). The van der Waals surface area contributed by atoms with Crippen molar-refractivity contribution in [2.45, 2.75) is 0 Å². The monoisotopic (exact) mass is 290 g/mol. The topological polar surface area (TPSA) is 120 Å². The lowest BCUT2D eigenvalue weighted by atomic mass is 10.1. The molecular weight excluding hydrogens is 280 g/mol. The fourth-order valence-corrected chi connectivity index (χ4v) is 1.64. The Labute approximate surface area is 119 Å². The number of nitrogen functional groups attached to an aromatic ring is 1. The van der Waals surface area contributed by atoms with E-state index in [2.05, 4.69) is 26.8 Å². The number of rotatable bonds is 4. The maximum atomic E-state index is 11.1. The molecule has 0 atom stereocenters. The molecule has 1 heterocycles. The van der Waals surface area contributed by atoms with Crippen LogP contribution >= 0.6 is 11.6 Å². The molecule has 0 fully saturated rings. The van der Waals surface area contributed by atoms with E-state index >= 15 is 0 Å². The molecule has 0 saturated carbocycles. The molecule has 0 bridgehead atoms. The number of hydrogen-bond acceptors (Lipinski definition) is 6. The molecular formula is C12H11ClN6O. The molecule has 7 nitrogen and oxygen atoms in total. The SMILES string of the molecule is C=C(C(N)=O)c1cccc(Nc2nc(N)nc(Cl)n2)c1. The predicted molar refractivity (Wildman–Crippen MR) is 77.2 cm³/mol. The molecule has 0 aliphatic carbocycles. The number of aromatic nitrogens is 3. The molecule has 5 N–H and O–H groups in total. The zero-order chi connectivity index (χ0) is 14.7. The van der Waals surface area contributed by atoms with Gasteiger partial charge in [0.15, 0.2) is 0 Å². The van der Waals surface area contributed by atoms with Gasteiger partial charge in [-0.05, 0) is 29.3 Å². The van der Waals surface area contributed by atoms with Crippen LogP contribution in [0.3, 0.4) is 0 Å². The molecule has 0 unspecified atom stereocenters. The number of benzene rings is 1. The van der Waals surface area contributed by atoms with Crippen LogP contribution in [0, 0.1) is 0 Å². The lowest BCUT2D eigenvalue weighted by Crippen LogP contribution is -2.12. The Morgan fingerprint density at radius 2 is 2.05 bits per heavy atom. The predicted octanol–water partition coefficient (Wildman–Crippen LogP) is 1.35. The third-order valence-corrected chi connectivity index (χ3v) is 2.56. The summed E-state index contributed by atoms with van der Waals surface area (Å²) in [5.41, 5.74) is 12.1. The van der Waals surface area contributed by atoms with Gasteiger partial charge in [0, 0.05) is 11.3 Å². The van der Waals surface area contributed by atoms with E-state index in [1.165, 1.54) is 0 Å². The zero-order valence-electron chi connectivity index (χ0n) is 10.3. The average molecular weight is 291 g/mol. The molecule has 0 radical (unpaired) electrons. The minimum absolute atomic E-state index is 0.00482. The number of primary amides is 1. The first kappa shape index (κ1) is 13.8. The van der Waals surface area contributed by atoms with Gasteiger partial charge >= 0.3 is 0 Å². The van der Waals surface area contributed by atoms with E-state index in [-0.39, 0.29) is 22.8 Å². The summed E-state index contributed by atoms with van der Waals surface area (Å²) in [5.74, 6) is -0.385. The van der Waals surface area contributed by atoms with Crippen LogP contribution in [-0.4, -0.2) is 20.9 Å². The Hall–Kier alpha value is -2.67. The first-order chi connectivity index (χ1) is 9.45. The first-order valence-electron chi connectivity index (χ1n) is 5.49. The van der Waals surface area contributed by atoms with Crippen molar-refractivity contribution in [2.24, 2.45) is 5.73 Å². The first-order valence-corrected chi connectivity index (χ1v) is 5.86. The Morgan fingerprint density at radius 3 is 2.70 bits per heavy atom. The van der Waals surface area contributed by atoms with Gasteiger partial charge in [0.1, 0.15) is 0 Å². The van der Waals surface area contributed by atoms with Crippen LogP contribution in [0.15, 0.2) is 30.8 Å². The second-order valence-corrected chi connectivity index (χ2v) is 4.17. The summed E-state index contributed by atoms with van der Waals surface area (Å²) in [7, 11) is 0. The summed E-state index contributed by atoms with van der Waals surface area (Å²) >= 11 is 5.68. The van der Waals surface area contributed by atoms with E-state index in [1.54, 1.807) is 24.3 Å². The average Bonchev–Trinajstić information content (AvgIpc) is 2.36. The summed E-state index contributed by atoms with van der Waals surface area (Å²) in [5, 5.41) is 2.88. The van der Waals surface area contributed by atoms with E-state index < -0.39 is 5.91 Å². The van der Waals surface area contributed by atoms with Gasteiger partial charge in [0.2, 0.25) is 23.1 Å². The summed E-state index contributed by atoms with van der Waals surface area (Å²) in [6.07, 6.45) is 0. The third kappa shape index (κ3) is 3.21. The molecule has 1 aromatic carbocycles. The minimum Gasteiger partial charge on any atom is -0.368 e. The highest BCUT2D eigenvalue weighted by Gasteiger charge is 2.07. The molecule has 1 aromatic heterocycles. The molecule has 2 aromatic rings. The van der Waals surface area contributed by atoms with Gasteiger partial charge in [-0.2, -0.15) is 15.0 Å². The summed E-state index contributed by atoms with van der Waals surface area (Å²) in [6, 6.07) is 6.89. The Bertz CT molecular complexity index is 667. The van der Waals surface area contributed by atoms with Crippen molar-refractivity contribution in [1.82, 2.24) is 15.0 Å². The fourth-order valence-electron chi connectivity index (χ4n) is 1.48. The van der Waals surface area contributed by atoms with Crippen molar-refractivity contribution < 1.29 is 4.79 Å². The Balaban J connectivity index is 2.28. The minimum atomic E-state index is -0.588. The number of hydrogen-bond donors (Lipinski definition) is 3. The maximum Gasteiger partial charge on any atom is 0.248 e. The van der Waals surface area contributed by atoms with Gasteiger partial charge in [-0.1, -0.05) is 18.7 Å². The molecule has 0 saturated heterocycles. The molecule has 0 aliphatic rings. The van der Waals surface area contributed by atoms with Crippen molar-refractivity contribution in [3.63, 3.8) is 0 Å². The van der Waals surface area contributed by atoms with Crippen LogP contribution < -0.4 is 16.8 Å². The number of anilines is 3. The van der Waals surface area contributed by atoms with Crippen molar-refractivity contribution in [1.29, 1.82) is 0 Å². The third-order valence-electron chi connectivity index (χ3n) is 2.39. The number of halogens is 1. The van der Waals surface area contributed by atoms with Gasteiger partial charge in [0.25, 0.3) is 0 Å². The Kier molecular flexibility index (Phi) is 3.81. The summed E-state index contributed by atoms with van der Waals surface area (Å²) in [6.45, 7) is 3.62. The van der Waals surface area contributed by atoms with E-state index in [1.807, 2.05) is 0 Å². The normalized spacial score (nSPS) is 10.1. The number of carbonyl (C=O) groups is 1. The van der Waals surface area contributed by atoms with Gasteiger partial charge < -0.3 is 16.8 Å². The lowest BCUT2D eigenvalue weighted by molar-refractivity contribution is -0.112. The van der Waals surface area contributed by atoms with Crippen LogP contribution in [-0.2, 0) is 4.79 Å². The Morgan fingerprint density at radius 1 is 1.30 bits per heavy atom. The fraction of sp³-hybridized carbons (Fsp3) is 0. The molecule has 0 aliphatic heterocycles. The molecule has 20 heavy (non-hydrogen) atoms. The van der Waals surface area contributed by atoms with Gasteiger partial charge in [-0.3, -0.25) is 4.79 Å². The molecule has 1 amide bonds. The van der Waals surface area contributed by atoms with E-state index in [4.69, 9.17) is 23.1 Å². The zero-order valence-corrected chi connectivity index (χ0v) is 11.1. The highest BCUT2D eigenvalue weighted by molar-refractivity contribution is 6.28. The lowest BCUT2D eigenvalue weighted by Gasteiger charge is -2.07. The smallest absolute Gasteiger partial charge is 0.248 e. The highest BCUT2D eigenvalue weighted by atomic mass is 35.5. The van der Waals surface area contributed by atoms with Crippen LogP contribution in [0.5, 0.6) is 0 Å². The van der Waals surface area contributed by atoms with Gasteiger partial charge in [-0.15, -0.1) is 0 Å². The van der Waals surface area contributed by atoms with Crippen LogP contribution in [0.4, 0.5) is 17.6 Å². The number of carbonyl (C=O) groups excluding carboxylic acids is 1. The molecule has 0 spiro atoms. The largest absolute Gasteiger partial charge is 0.368 e. The highest BCUT2D eigenvalue weighted by Crippen LogP contribution is 2.20. The van der Waals surface area contributed by atoms with Crippen molar-refractivity contribution >= 4 is 40.7 Å². The second kappa shape index (κ2) is 5.54. The van der Waals surface area contributed by atoms with E-state index in [0.29, 0.717) is 11.3 Å². The number of nitrogens with one attached hydrogen (secondary N) is 1. The number of nitrogens with two attached hydrogens (primary N) is 2. The van der Waals surface area contributed by atoms with Crippen LogP contribution in [0.1, 0.15) is 5.56 Å². The van der Waals surface area contributed by atoms with Gasteiger partial charge in [0.05, 0.1) is 0 Å². The van der Waals surface area contributed by atoms with Crippen molar-refractivity contribution in [3.8, 4) is 0 Å². The van der Waals surface area contributed by atoms with Crippen molar-refractivity contribution in [3.05, 3.63) is 41.7 Å². The summed E-state index contributed by atoms with van der Waals surface area (Å²) < 4.78 is 0. The maximum absolute atomic E-state index is 11.1. The molecule has 102 valence electrons. The van der Waals surface area contributed by atoms with Crippen molar-refractivity contribution in [2.75, 3.05) is 11.1 Å². The number of nitrogens with zero attached hydrogens (tertiary/aromatic N) is 3. The van der Waals surface area contributed by atoms with Gasteiger partial charge in [-0.25, -0.2) is 0 Å². The second-order valence-electron chi connectivity index (χ2n) is 3.83. The quantitative estimate of drug-likeness (QED) is 0.731. The van der Waals surface area contributed by atoms with Crippen LogP contribution in [0.25, 0.3) is 5.57 Å². The standard InChI is InChI=1S/C12H11ClN6O/c1-6(9(14)20)7-3-2-4-8(5-7)16-12-18-10(13)17-11(15)19-12/h2-5H,1H2,(H2,14,20)(H3,15,16,17,18,19). The van der Waals surface area contributed by atoms with E-state index in [9.17, 15) is 4.79 Å². The molecule has 8 heteroatoms.